The van der Waals surface area contributed by atoms with E-state index in [1.807, 2.05) is 19.0 Å². The van der Waals surface area contributed by atoms with Crippen LogP contribution in [0.2, 0.25) is 0 Å². The van der Waals surface area contributed by atoms with Crippen LogP contribution < -0.4 is 11.1 Å². The van der Waals surface area contributed by atoms with Crippen LogP contribution in [-0.2, 0) is 6.54 Å². The molecule has 0 unspecified atom stereocenters. The lowest BCUT2D eigenvalue weighted by molar-refractivity contribution is 0.0901. The second kappa shape index (κ2) is 5.12. The van der Waals surface area contributed by atoms with Gasteiger partial charge in [0.25, 0.3) is 5.91 Å². The number of amides is 1. The number of nitrogens with one attached hydrogen (secondary N) is 1. The number of thiazole rings is 1. The van der Waals surface area contributed by atoms with Crippen molar-refractivity contribution in [2.75, 3.05) is 14.1 Å². The molecule has 0 spiro atoms. The number of nitrogens with zero attached hydrogens (tertiary/aromatic N) is 2. The Balaban J connectivity index is 1.92. The van der Waals surface area contributed by atoms with Gasteiger partial charge in [-0.1, -0.05) is 0 Å². The highest BCUT2D eigenvalue weighted by Crippen LogP contribution is 2.18. The van der Waals surface area contributed by atoms with Crippen LogP contribution in [-0.4, -0.2) is 42.0 Å². The molecule has 0 radical (unpaired) electrons. The Morgan fingerprint density at radius 3 is 2.94 bits per heavy atom. The first-order chi connectivity index (χ1) is 8.06. The van der Waals surface area contributed by atoms with Gasteiger partial charge in [0.2, 0.25) is 0 Å². The molecule has 1 saturated carbocycles. The van der Waals surface area contributed by atoms with Gasteiger partial charge in [-0.15, -0.1) is 11.3 Å². The van der Waals surface area contributed by atoms with E-state index in [0.717, 1.165) is 24.4 Å². The highest BCUT2D eigenvalue weighted by molar-refractivity contribution is 7.09. The third-order valence-corrected chi connectivity index (χ3v) is 3.71. The smallest absolute Gasteiger partial charge is 0.271 e. The molecule has 6 heteroatoms. The maximum absolute atomic E-state index is 11.9. The minimum Gasteiger partial charge on any atom is -0.346 e. The van der Waals surface area contributed by atoms with Gasteiger partial charge in [0.05, 0.1) is 0 Å². The molecule has 0 saturated heterocycles. The molecular weight excluding hydrogens is 236 g/mol. The molecule has 1 heterocycles. The number of carbonyl (C=O) groups excluding carboxylic acids is 1. The van der Waals surface area contributed by atoms with Gasteiger partial charge in [-0.2, -0.15) is 0 Å². The molecular formula is C11H18N4OS. The fourth-order valence-electron chi connectivity index (χ4n) is 1.71. The predicted molar refractivity (Wildman–Crippen MR) is 68.0 cm³/mol. The van der Waals surface area contributed by atoms with Crippen LogP contribution in [0.1, 0.15) is 28.3 Å². The lowest BCUT2D eigenvalue weighted by Gasteiger charge is -2.33. The number of hydrogen-bond donors (Lipinski definition) is 2. The normalized spacial score (nSPS) is 23.5. The van der Waals surface area contributed by atoms with Crippen molar-refractivity contribution in [1.82, 2.24) is 15.2 Å². The molecule has 1 aliphatic carbocycles. The molecule has 94 valence electrons. The van der Waals surface area contributed by atoms with Gasteiger partial charge in [-0.3, -0.25) is 4.79 Å². The molecule has 2 atom stereocenters. The van der Waals surface area contributed by atoms with E-state index in [0.29, 0.717) is 5.69 Å². The fourth-order valence-corrected chi connectivity index (χ4v) is 2.60. The fraction of sp³-hybridized carbons (Fsp3) is 0.636. The summed E-state index contributed by atoms with van der Waals surface area (Å²) < 4.78 is 0. The first-order valence-corrected chi connectivity index (χ1v) is 6.60. The van der Waals surface area contributed by atoms with E-state index in [1.54, 1.807) is 5.38 Å². The molecule has 0 aliphatic heterocycles. The molecule has 1 aromatic heterocycles. The third-order valence-electron chi connectivity index (χ3n) is 2.88. The number of carbonyl (C=O) groups is 1. The zero-order valence-corrected chi connectivity index (χ0v) is 11.0. The van der Waals surface area contributed by atoms with Crippen molar-refractivity contribution in [3.63, 3.8) is 0 Å². The van der Waals surface area contributed by atoms with Crippen molar-refractivity contribution in [3.05, 3.63) is 16.1 Å². The van der Waals surface area contributed by atoms with E-state index in [4.69, 9.17) is 5.73 Å². The summed E-state index contributed by atoms with van der Waals surface area (Å²) in [6.45, 7) is 0.765. The number of rotatable bonds is 4. The van der Waals surface area contributed by atoms with E-state index in [1.165, 1.54) is 11.3 Å². The summed E-state index contributed by atoms with van der Waals surface area (Å²) >= 11 is 1.51. The molecule has 0 aromatic carbocycles. The van der Waals surface area contributed by atoms with Gasteiger partial charge in [0.15, 0.2) is 0 Å². The summed E-state index contributed by atoms with van der Waals surface area (Å²) in [5.74, 6) is -0.105. The molecule has 1 amide bonds. The van der Waals surface area contributed by atoms with Crippen LogP contribution in [0.25, 0.3) is 0 Å². The second-order valence-electron chi connectivity index (χ2n) is 4.69. The first kappa shape index (κ1) is 12.5. The Morgan fingerprint density at radius 2 is 2.41 bits per heavy atom. The van der Waals surface area contributed by atoms with Gasteiger partial charge in [0, 0.05) is 24.0 Å². The summed E-state index contributed by atoms with van der Waals surface area (Å²) in [5.41, 5.74) is 6.29. The van der Waals surface area contributed by atoms with Gasteiger partial charge in [-0.05, 0) is 26.9 Å². The van der Waals surface area contributed by atoms with E-state index in [2.05, 4.69) is 10.3 Å². The van der Waals surface area contributed by atoms with Crippen LogP contribution in [0.4, 0.5) is 0 Å². The number of hydrogen-bond acceptors (Lipinski definition) is 5. The molecule has 1 aromatic rings. The van der Waals surface area contributed by atoms with E-state index >= 15 is 0 Å². The maximum atomic E-state index is 11.9. The largest absolute Gasteiger partial charge is 0.346 e. The maximum Gasteiger partial charge on any atom is 0.271 e. The third kappa shape index (κ3) is 3.02. The van der Waals surface area contributed by atoms with Crippen LogP contribution >= 0.6 is 11.3 Å². The molecule has 1 fully saturated rings. The molecule has 5 nitrogen and oxygen atoms in total. The Morgan fingerprint density at radius 1 is 1.65 bits per heavy atom. The highest BCUT2D eigenvalue weighted by atomic mass is 32.1. The van der Waals surface area contributed by atoms with Crippen LogP contribution in [0, 0.1) is 0 Å². The Bertz CT molecular complexity index is 404. The van der Waals surface area contributed by atoms with Crippen LogP contribution in [0.5, 0.6) is 0 Å². The standard InChI is InChI=1S/C11H18N4OS/c1-15(2)5-10-13-9(6-17-10)11(16)14-8-4-3-7(8)12/h6-8H,3-5,12H2,1-2H3,(H,14,16)/t7-,8+/m0/s1. The zero-order chi connectivity index (χ0) is 12.4. The highest BCUT2D eigenvalue weighted by Gasteiger charge is 2.29. The van der Waals surface area contributed by atoms with E-state index in [9.17, 15) is 4.79 Å². The summed E-state index contributed by atoms with van der Waals surface area (Å²) in [6.07, 6.45) is 1.97. The molecule has 3 N–H and O–H groups in total. The summed E-state index contributed by atoms with van der Waals surface area (Å²) in [5, 5.41) is 5.68. The predicted octanol–water partition coefficient (Wildman–Crippen LogP) is 0.424. The van der Waals surface area contributed by atoms with Gasteiger partial charge >= 0.3 is 0 Å². The van der Waals surface area contributed by atoms with E-state index in [-0.39, 0.29) is 18.0 Å². The van der Waals surface area contributed by atoms with Gasteiger partial charge in [-0.25, -0.2) is 4.98 Å². The summed E-state index contributed by atoms with van der Waals surface area (Å²) in [7, 11) is 3.96. The number of nitrogens with two attached hydrogens (primary N) is 1. The van der Waals surface area contributed by atoms with Crippen molar-refractivity contribution in [3.8, 4) is 0 Å². The lowest BCUT2D eigenvalue weighted by atomic mass is 9.87. The van der Waals surface area contributed by atoms with Crippen LogP contribution in [0.15, 0.2) is 5.38 Å². The minimum absolute atomic E-state index is 0.105. The number of aromatic nitrogens is 1. The van der Waals surface area contributed by atoms with Crippen LogP contribution in [0.3, 0.4) is 0 Å². The quantitative estimate of drug-likeness (QED) is 0.817. The minimum atomic E-state index is -0.105. The second-order valence-corrected chi connectivity index (χ2v) is 5.63. The van der Waals surface area contributed by atoms with Crippen molar-refractivity contribution >= 4 is 17.2 Å². The van der Waals surface area contributed by atoms with E-state index < -0.39 is 0 Å². The van der Waals surface area contributed by atoms with Crippen molar-refractivity contribution in [2.24, 2.45) is 5.73 Å². The van der Waals surface area contributed by atoms with Gasteiger partial charge in [0.1, 0.15) is 10.7 Å². The Labute approximate surface area is 105 Å². The van der Waals surface area contributed by atoms with Crippen molar-refractivity contribution in [1.29, 1.82) is 0 Å². The molecule has 1 aliphatic rings. The topological polar surface area (TPSA) is 71.2 Å². The summed E-state index contributed by atoms with van der Waals surface area (Å²) in [6, 6.07) is 0.236. The lowest BCUT2D eigenvalue weighted by Crippen LogP contribution is -2.54. The molecule has 0 bridgehead atoms. The Kier molecular flexibility index (Phi) is 3.76. The van der Waals surface area contributed by atoms with Gasteiger partial charge < -0.3 is 16.0 Å². The first-order valence-electron chi connectivity index (χ1n) is 5.72. The SMILES string of the molecule is CN(C)Cc1nc(C(=O)N[C@@H]2CC[C@@H]2N)cs1. The van der Waals surface area contributed by atoms with Crippen molar-refractivity contribution in [2.45, 2.75) is 31.5 Å². The molecule has 2 rings (SSSR count). The average molecular weight is 254 g/mol. The average Bonchev–Trinajstić information content (AvgIpc) is 2.71. The Hall–Kier alpha value is -0.980. The molecule has 17 heavy (non-hydrogen) atoms. The zero-order valence-electron chi connectivity index (χ0n) is 10.1. The summed E-state index contributed by atoms with van der Waals surface area (Å²) in [4.78, 5) is 18.2. The monoisotopic (exact) mass is 254 g/mol. The van der Waals surface area contributed by atoms with Crippen molar-refractivity contribution < 1.29 is 4.79 Å².